The van der Waals surface area contributed by atoms with Gasteiger partial charge in [0.2, 0.25) is 5.91 Å². The molecule has 0 saturated carbocycles. The maximum absolute atomic E-state index is 12.0. The van der Waals surface area contributed by atoms with Gasteiger partial charge in [-0.25, -0.2) is 0 Å². The van der Waals surface area contributed by atoms with Crippen molar-refractivity contribution in [3.05, 3.63) is 18.5 Å². The highest BCUT2D eigenvalue weighted by Crippen LogP contribution is 2.20. The number of amides is 1. The van der Waals surface area contributed by atoms with Crippen molar-refractivity contribution in [1.82, 2.24) is 20.0 Å². The average Bonchev–Trinajstić information content (AvgIpc) is 2.89. The topological polar surface area (TPSA) is 50.2 Å². The summed E-state index contributed by atoms with van der Waals surface area (Å²) in [6.45, 7) is 3.24. The Morgan fingerprint density at radius 3 is 2.60 bits per heavy atom. The van der Waals surface area contributed by atoms with Crippen LogP contribution in [-0.4, -0.2) is 47.3 Å². The van der Waals surface area contributed by atoms with Gasteiger partial charge in [-0.15, -0.1) is 24.8 Å². The molecular formula is C13H24Cl2N4O. The lowest BCUT2D eigenvalue weighted by atomic mass is 9.93. The number of piperidine rings is 1. The van der Waals surface area contributed by atoms with Crippen LogP contribution in [0.5, 0.6) is 0 Å². The number of carbonyl (C=O) groups is 1. The van der Waals surface area contributed by atoms with Gasteiger partial charge in [-0.3, -0.25) is 9.48 Å². The van der Waals surface area contributed by atoms with E-state index in [1.54, 1.807) is 10.9 Å². The van der Waals surface area contributed by atoms with Gasteiger partial charge < -0.3 is 10.2 Å². The minimum atomic E-state index is 0. The van der Waals surface area contributed by atoms with Crippen LogP contribution in [0.4, 0.5) is 0 Å². The summed E-state index contributed by atoms with van der Waals surface area (Å²) in [4.78, 5) is 14.0. The zero-order chi connectivity index (χ0) is 12.8. The molecule has 1 saturated heterocycles. The van der Waals surface area contributed by atoms with Gasteiger partial charge in [-0.2, -0.15) is 5.10 Å². The fourth-order valence-electron chi connectivity index (χ4n) is 2.45. The predicted octanol–water partition coefficient (Wildman–Crippen LogP) is 1.57. The molecule has 0 aromatic carbocycles. The van der Waals surface area contributed by atoms with E-state index >= 15 is 0 Å². The Morgan fingerprint density at radius 1 is 1.35 bits per heavy atom. The lowest BCUT2D eigenvalue weighted by Gasteiger charge is -2.32. The molecule has 1 aromatic rings. The number of halogens is 2. The first-order chi connectivity index (χ1) is 8.79. The van der Waals surface area contributed by atoms with Gasteiger partial charge in [0.1, 0.15) is 6.54 Å². The van der Waals surface area contributed by atoms with Crippen LogP contribution in [0.3, 0.4) is 0 Å². The number of rotatable bonds is 5. The highest BCUT2D eigenvalue weighted by atomic mass is 35.5. The van der Waals surface area contributed by atoms with Gasteiger partial charge in [-0.05, 0) is 44.8 Å². The van der Waals surface area contributed by atoms with Crippen molar-refractivity contribution in [3.63, 3.8) is 0 Å². The summed E-state index contributed by atoms with van der Waals surface area (Å²) in [7, 11) is 1.99. The molecule has 1 amide bonds. The van der Waals surface area contributed by atoms with Crippen molar-refractivity contribution in [2.24, 2.45) is 5.92 Å². The fourth-order valence-corrected chi connectivity index (χ4v) is 2.45. The third kappa shape index (κ3) is 5.69. The summed E-state index contributed by atoms with van der Waals surface area (Å²) >= 11 is 0. The van der Waals surface area contributed by atoms with Gasteiger partial charge in [0, 0.05) is 25.5 Å². The van der Waals surface area contributed by atoms with E-state index in [1.807, 2.05) is 24.2 Å². The summed E-state index contributed by atoms with van der Waals surface area (Å²) in [6, 6.07) is 1.84. The first-order valence-corrected chi connectivity index (χ1v) is 6.69. The molecule has 1 aromatic heterocycles. The molecule has 0 unspecified atom stereocenters. The van der Waals surface area contributed by atoms with Crippen molar-refractivity contribution >= 4 is 30.7 Å². The van der Waals surface area contributed by atoms with Crippen LogP contribution in [0.1, 0.15) is 19.3 Å². The molecule has 1 N–H and O–H groups in total. The van der Waals surface area contributed by atoms with Crippen molar-refractivity contribution < 1.29 is 4.79 Å². The van der Waals surface area contributed by atoms with Crippen LogP contribution in [0, 0.1) is 5.92 Å². The van der Waals surface area contributed by atoms with E-state index < -0.39 is 0 Å². The van der Waals surface area contributed by atoms with Crippen LogP contribution < -0.4 is 5.32 Å². The van der Waals surface area contributed by atoms with E-state index in [0.717, 1.165) is 38.4 Å². The van der Waals surface area contributed by atoms with Crippen molar-refractivity contribution in [1.29, 1.82) is 0 Å². The average molecular weight is 323 g/mol. The van der Waals surface area contributed by atoms with Gasteiger partial charge in [0.25, 0.3) is 0 Å². The Kier molecular flexibility index (Phi) is 9.63. The Bertz CT molecular complexity index is 364. The second-order valence-corrected chi connectivity index (χ2v) is 4.92. The predicted molar refractivity (Wildman–Crippen MR) is 84.6 cm³/mol. The van der Waals surface area contributed by atoms with Crippen LogP contribution >= 0.6 is 24.8 Å². The molecule has 5 nitrogen and oxygen atoms in total. The van der Waals surface area contributed by atoms with Gasteiger partial charge in [-0.1, -0.05) is 0 Å². The first kappa shape index (κ1) is 19.2. The lowest BCUT2D eigenvalue weighted by Crippen LogP contribution is -2.40. The summed E-state index contributed by atoms with van der Waals surface area (Å²) in [5, 5.41) is 7.25. The molecule has 116 valence electrons. The van der Waals surface area contributed by atoms with Crippen molar-refractivity contribution in [2.75, 3.05) is 26.7 Å². The van der Waals surface area contributed by atoms with E-state index in [2.05, 4.69) is 10.4 Å². The third-order valence-electron chi connectivity index (χ3n) is 3.63. The highest BCUT2D eigenvalue weighted by molar-refractivity contribution is 5.85. The van der Waals surface area contributed by atoms with Gasteiger partial charge in [0.15, 0.2) is 0 Å². The number of aromatic nitrogens is 2. The summed E-state index contributed by atoms with van der Waals surface area (Å²) in [6.07, 6.45) is 7.02. The zero-order valence-corrected chi connectivity index (χ0v) is 13.5. The standard InChI is InChI=1S/C13H22N4O.2ClH/c1-14-7-3-12-4-9-16(10-5-12)13(18)11-17-8-2-6-15-17;;/h2,6,8,12,14H,3-5,7,9-11H2,1H3;2*1H. The second kappa shape index (κ2) is 10.0. The van der Waals surface area contributed by atoms with Crippen LogP contribution in [0.15, 0.2) is 18.5 Å². The molecule has 1 aliphatic heterocycles. The van der Waals surface area contributed by atoms with E-state index in [9.17, 15) is 4.79 Å². The Balaban J connectivity index is 0.00000180. The Hall–Kier alpha value is -0.780. The summed E-state index contributed by atoms with van der Waals surface area (Å²) in [5.41, 5.74) is 0. The van der Waals surface area contributed by atoms with Crippen molar-refractivity contribution in [3.8, 4) is 0 Å². The first-order valence-electron chi connectivity index (χ1n) is 6.69. The van der Waals surface area contributed by atoms with Crippen LogP contribution in [-0.2, 0) is 11.3 Å². The molecule has 2 heterocycles. The molecule has 2 rings (SSSR count). The number of hydrogen-bond acceptors (Lipinski definition) is 3. The molecule has 1 aliphatic rings. The summed E-state index contributed by atoms with van der Waals surface area (Å²) in [5.74, 6) is 0.956. The molecule has 7 heteroatoms. The van der Waals surface area contributed by atoms with E-state index in [1.165, 1.54) is 6.42 Å². The maximum Gasteiger partial charge on any atom is 0.244 e. The van der Waals surface area contributed by atoms with Gasteiger partial charge >= 0.3 is 0 Å². The number of hydrogen-bond donors (Lipinski definition) is 1. The van der Waals surface area contributed by atoms with Crippen molar-refractivity contribution in [2.45, 2.75) is 25.8 Å². The lowest BCUT2D eigenvalue weighted by molar-refractivity contribution is -0.133. The Morgan fingerprint density at radius 2 is 2.05 bits per heavy atom. The normalized spacial score (nSPS) is 15.3. The number of nitrogens with one attached hydrogen (secondary N) is 1. The maximum atomic E-state index is 12.0. The minimum Gasteiger partial charge on any atom is -0.341 e. The molecule has 0 aliphatic carbocycles. The molecule has 0 bridgehead atoms. The van der Waals surface area contributed by atoms with Crippen LogP contribution in [0.2, 0.25) is 0 Å². The number of carbonyl (C=O) groups excluding carboxylic acids is 1. The van der Waals surface area contributed by atoms with E-state index in [-0.39, 0.29) is 30.7 Å². The monoisotopic (exact) mass is 322 g/mol. The zero-order valence-electron chi connectivity index (χ0n) is 11.8. The third-order valence-corrected chi connectivity index (χ3v) is 3.63. The molecule has 0 atom stereocenters. The molecule has 0 radical (unpaired) electrons. The quantitative estimate of drug-likeness (QED) is 0.895. The highest BCUT2D eigenvalue weighted by Gasteiger charge is 2.22. The smallest absolute Gasteiger partial charge is 0.244 e. The second-order valence-electron chi connectivity index (χ2n) is 4.92. The van der Waals surface area contributed by atoms with Crippen LogP contribution in [0.25, 0.3) is 0 Å². The van der Waals surface area contributed by atoms with E-state index in [0.29, 0.717) is 6.54 Å². The minimum absolute atomic E-state index is 0. The molecule has 1 fully saturated rings. The molecule has 0 spiro atoms. The summed E-state index contributed by atoms with van der Waals surface area (Å²) < 4.78 is 1.69. The number of likely N-dealkylation sites (tertiary alicyclic amines) is 1. The van der Waals surface area contributed by atoms with Gasteiger partial charge in [0.05, 0.1) is 0 Å². The fraction of sp³-hybridized carbons (Fsp3) is 0.692. The largest absolute Gasteiger partial charge is 0.341 e. The number of nitrogens with zero attached hydrogens (tertiary/aromatic N) is 3. The Labute approximate surface area is 132 Å². The van der Waals surface area contributed by atoms with E-state index in [4.69, 9.17) is 0 Å². The SMILES string of the molecule is CNCCC1CCN(C(=O)Cn2cccn2)CC1.Cl.Cl. The molecule has 20 heavy (non-hydrogen) atoms. The molecular weight excluding hydrogens is 299 g/mol.